The number of aliphatic hydroxyl groups is 1. The minimum atomic E-state index is -0.504. The standard InChI is InChI=1S/C16H19NOS2/c1-12(2)19-16(20-14-10-6-7-11-17-14)15(18)13-8-4-3-5-9-13/h3-12,15-16,18H,1-2H3/t15-,16+/m1/s1. The predicted octanol–water partition coefficient (Wildman–Crippen LogP) is 4.38. The van der Waals surface area contributed by atoms with Gasteiger partial charge in [-0.1, -0.05) is 62.0 Å². The van der Waals surface area contributed by atoms with Crippen LogP contribution >= 0.6 is 23.5 Å². The van der Waals surface area contributed by atoms with Gasteiger partial charge < -0.3 is 5.11 Å². The van der Waals surface area contributed by atoms with Gasteiger partial charge in [0.1, 0.15) is 6.10 Å². The first-order valence-electron chi connectivity index (χ1n) is 6.63. The molecule has 2 rings (SSSR count). The van der Waals surface area contributed by atoms with Gasteiger partial charge in [0.05, 0.1) is 9.61 Å². The lowest BCUT2D eigenvalue weighted by Gasteiger charge is -2.23. The number of rotatable bonds is 6. The Bertz CT molecular complexity index is 504. The summed E-state index contributed by atoms with van der Waals surface area (Å²) in [5, 5.41) is 12.0. The molecule has 0 aliphatic rings. The molecule has 0 saturated carbocycles. The monoisotopic (exact) mass is 305 g/mol. The summed E-state index contributed by atoms with van der Waals surface area (Å²) in [6.07, 6.45) is 1.28. The van der Waals surface area contributed by atoms with Crippen LogP contribution in [0.3, 0.4) is 0 Å². The van der Waals surface area contributed by atoms with E-state index in [-0.39, 0.29) is 4.58 Å². The second-order valence-electron chi connectivity index (χ2n) is 4.69. The van der Waals surface area contributed by atoms with Gasteiger partial charge in [-0.3, -0.25) is 0 Å². The molecule has 0 aliphatic carbocycles. The van der Waals surface area contributed by atoms with Crippen LogP contribution in [-0.4, -0.2) is 19.9 Å². The highest BCUT2D eigenvalue weighted by Crippen LogP contribution is 2.40. The zero-order chi connectivity index (χ0) is 14.4. The van der Waals surface area contributed by atoms with E-state index >= 15 is 0 Å². The van der Waals surface area contributed by atoms with Crippen molar-refractivity contribution in [1.29, 1.82) is 0 Å². The summed E-state index contributed by atoms with van der Waals surface area (Å²) in [6.45, 7) is 4.29. The number of pyridine rings is 1. The van der Waals surface area contributed by atoms with Gasteiger partial charge in [-0.2, -0.15) is 0 Å². The molecule has 106 valence electrons. The fourth-order valence-corrected chi connectivity index (χ4v) is 4.61. The number of thioether (sulfide) groups is 2. The number of aromatic nitrogens is 1. The van der Waals surface area contributed by atoms with Crippen LogP contribution in [0.25, 0.3) is 0 Å². The molecule has 0 spiro atoms. The van der Waals surface area contributed by atoms with E-state index in [1.165, 1.54) is 0 Å². The van der Waals surface area contributed by atoms with Crippen molar-refractivity contribution in [3.8, 4) is 0 Å². The number of aliphatic hydroxyl groups excluding tert-OH is 1. The molecule has 2 aromatic rings. The van der Waals surface area contributed by atoms with Crippen LogP contribution in [0, 0.1) is 0 Å². The van der Waals surface area contributed by atoms with E-state index in [1.807, 2.05) is 48.5 Å². The minimum absolute atomic E-state index is 0.0345. The molecule has 0 saturated heterocycles. The Balaban J connectivity index is 2.15. The first-order chi connectivity index (χ1) is 9.66. The average Bonchev–Trinajstić information content (AvgIpc) is 2.47. The maximum atomic E-state index is 10.6. The minimum Gasteiger partial charge on any atom is -0.386 e. The Hall–Kier alpha value is -0.970. The van der Waals surface area contributed by atoms with Gasteiger partial charge in [-0.05, 0) is 17.7 Å². The summed E-state index contributed by atoms with van der Waals surface area (Å²) in [6, 6.07) is 15.7. The highest BCUT2D eigenvalue weighted by atomic mass is 32.2. The third kappa shape index (κ3) is 4.54. The van der Waals surface area contributed by atoms with Crippen LogP contribution in [0.2, 0.25) is 0 Å². The highest BCUT2D eigenvalue weighted by molar-refractivity contribution is 8.17. The summed E-state index contributed by atoms with van der Waals surface area (Å²) in [7, 11) is 0. The second kappa shape index (κ2) is 7.72. The third-order valence-corrected chi connectivity index (χ3v) is 5.35. The SMILES string of the molecule is CC(C)S[C@@H](Sc1ccccn1)[C@H](O)c1ccccc1. The highest BCUT2D eigenvalue weighted by Gasteiger charge is 2.24. The first kappa shape index (κ1) is 15.4. The first-order valence-corrected chi connectivity index (χ1v) is 8.45. The molecule has 1 aromatic heterocycles. The van der Waals surface area contributed by atoms with Crippen LogP contribution in [0.1, 0.15) is 25.5 Å². The van der Waals surface area contributed by atoms with Crippen molar-refractivity contribution in [1.82, 2.24) is 4.98 Å². The van der Waals surface area contributed by atoms with Crippen molar-refractivity contribution in [2.45, 2.75) is 34.8 Å². The molecule has 1 N–H and O–H groups in total. The lowest BCUT2D eigenvalue weighted by Crippen LogP contribution is -2.14. The number of benzene rings is 1. The molecule has 20 heavy (non-hydrogen) atoms. The van der Waals surface area contributed by atoms with Crippen molar-refractivity contribution in [2.75, 3.05) is 0 Å². The zero-order valence-electron chi connectivity index (χ0n) is 11.6. The lowest BCUT2D eigenvalue weighted by molar-refractivity contribution is 0.196. The topological polar surface area (TPSA) is 33.1 Å². The molecular weight excluding hydrogens is 286 g/mol. The van der Waals surface area contributed by atoms with E-state index in [0.717, 1.165) is 10.6 Å². The summed E-state index contributed by atoms with van der Waals surface area (Å²) in [4.78, 5) is 4.34. The van der Waals surface area contributed by atoms with E-state index in [9.17, 15) is 5.11 Å². The van der Waals surface area contributed by atoms with Crippen LogP contribution in [0.15, 0.2) is 59.8 Å². The number of hydrogen-bond acceptors (Lipinski definition) is 4. The Labute approximate surface area is 129 Å². The van der Waals surface area contributed by atoms with Gasteiger partial charge in [0.15, 0.2) is 0 Å². The normalized spacial score (nSPS) is 14.2. The Morgan fingerprint density at radius 1 is 1.00 bits per heavy atom. The quantitative estimate of drug-likeness (QED) is 0.634. The van der Waals surface area contributed by atoms with Crippen LogP contribution < -0.4 is 0 Å². The van der Waals surface area contributed by atoms with E-state index in [2.05, 4.69) is 18.8 Å². The molecule has 0 aliphatic heterocycles. The average molecular weight is 305 g/mol. The Morgan fingerprint density at radius 3 is 2.30 bits per heavy atom. The predicted molar refractivity (Wildman–Crippen MR) is 88.0 cm³/mol. The van der Waals surface area contributed by atoms with Crippen molar-refractivity contribution in [2.24, 2.45) is 0 Å². The molecule has 2 atom stereocenters. The summed E-state index contributed by atoms with van der Waals surface area (Å²) >= 11 is 3.39. The lowest BCUT2D eigenvalue weighted by atomic mass is 10.1. The fraction of sp³-hybridized carbons (Fsp3) is 0.312. The molecule has 0 unspecified atom stereocenters. The van der Waals surface area contributed by atoms with Crippen molar-refractivity contribution in [3.63, 3.8) is 0 Å². The van der Waals surface area contributed by atoms with Crippen molar-refractivity contribution >= 4 is 23.5 Å². The van der Waals surface area contributed by atoms with Gasteiger partial charge in [0, 0.05) is 11.4 Å². The maximum absolute atomic E-state index is 10.6. The van der Waals surface area contributed by atoms with E-state index in [4.69, 9.17) is 0 Å². The van der Waals surface area contributed by atoms with Crippen LogP contribution in [0.5, 0.6) is 0 Å². The molecule has 0 radical (unpaired) electrons. The van der Waals surface area contributed by atoms with Crippen molar-refractivity contribution in [3.05, 3.63) is 60.3 Å². The summed E-state index contributed by atoms with van der Waals surface area (Å²) in [5.74, 6) is 0. The molecule has 1 aromatic carbocycles. The largest absolute Gasteiger partial charge is 0.386 e. The molecule has 2 nitrogen and oxygen atoms in total. The summed E-state index contributed by atoms with van der Waals surface area (Å²) < 4.78 is 0.0345. The second-order valence-corrected chi connectivity index (χ2v) is 7.88. The Kier molecular flexibility index (Phi) is 5.95. The van der Waals surface area contributed by atoms with Gasteiger partial charge in [-0.25, -0.2) is 4.98 Å². The van der Waals surface area contributed by atoms with Gasteiger partial charge in [0.25, 0.3) is 0 Å². The fourth-order valence-electron chi connectivity index (χ4n) is 1.78. The molecule has 1 heterocycles. The molecule has 4 heteroatoms. The molecule has 0 amide bonds. The van der Waals surface area contributed by atoms with Gasteiger partial charge in [0.2, 0.25) is 0 Å². The molecular formula is C16H19NOS2. The third-order valence-electron chi connectivity index (χ3n) is 2.68. The van der Waals surface area contributed by atoms with E-state index in [0.29, 0.717) is 5.25 Å². The summed E-state index contributed by atoms with van der Waals surface area (Å²) in [5.41, 5.74) is 0.953. The Morgan fingerprint density at radius 2 is 1.70 bits per heavy atom. The van der Waals surface area contributed by atoms with E-state index < -0.39 is 6.10 Å². The van der Waals surface area contributed by atoms with E-state index in [1.54, 1.807) is 29.7 Å². The van der Waals surface area contributed by atoms with Gasteiger partial charge in [-0.15, -0.1) is 11.8 Å². The molecule has 0 bridgehead atoms. The van der Waals surface area contributed by atoms with Crippen molar-refractivity contribution < 1.29 is 5.11 Å². The van der Waals surface area contributed by atoms with Gasteiger partial charge >= 0.3 is 0 Å². The zero-order valence-corrected chi connectivity index (χ0v) is 13.3. The number of hydrogen-bond donors (Lipinski definition) is 1. The van der Waals surface area contributed by atoms with Crippen LogP contribution in [-0.2, 0) is 0 Å². The number of nitrogens with zero attached hydrogens (tertiary/aromatic N) is 1. The molecule has 0 fully saturated rings. The smallest absolute Gasteiger partial charge is 0.100 e. The maximum Gasteiger partial charge on any atom is 0.100 e. The van der Waals surface area contributed by atoms with Crippen LogP contribution in [0.4, 0.5) is 0 Å².